The zero-order valence-corrected chi connectivity index (χ0v) is 21.5. The second-order valence-corrected chi connectivity index (χ2v) is 10.1. The van der Waals surface area contributed by atoms with Crippen molar-refractivity contribution in [2.24, 2.45) is 0 Å². The predicted octanol–water partition coefficient (Wildman–Crippen LogP) is 5.42. The number of ether oxygens (including phenoxy) is 2. The van der Waals surface area contributed by atoms with E-state index in [0.29, 0.717) is 23.8 Å². The third kappa shape index (κ3) is 7.72. The first-order chi connectivity index (χ1) is 16.9. The molecule has 1 saturated heterocycles. The Bertz CT molecular complexity index is 1090. The second kappa shape index (κ2) is 11.9. The van der Waals surface area contributed by atoms with Gasteiger partial charge in [0.15, 0.2) is 0 Å². The molecule has 188 valence electrons. The molecule has 1 atom stereocenters. The van der Waals surface area contributed by atoms with Crippen molar-refractivity contribution in [2.75, 3.05) is 26.3 Å². The molecule has 1 aliphatic rings. The molecule has 0 saturated carbocycles. The molecule has 1 N–H and O–H groups in total. The lowest BCUT2D eigenvalue weighted by atomic mass is 9.96. The lowest BCUT2D eigenvalue weighted by Gasteiger charge is -2.27. The van der Waals surface area contributed by atoms with E-state index in [0.717, 1.165) is 56.8 Å². The molecule has 2 heterocycles. The smallest absolute Gasteiger partial charge is 0.138 e. The van der Waals surface area contributed by atoms with Crippen molar-refractivity contribution in [1.29, 1.82) is 0 Å². The maximum absolute atomic E-state index is 11.2. The summed E-state index contributed by atoms with van der Waals surface area (Å²) >= 11 is 6.25. The van der Waals surface area contributed by atoms with Crippen molar-refractivity contribution >= 4 is 11.6 Å². The normalized spacial score (nSPS) is 18.9. The van der Waals surface area contributed by atoms with Crippen LogP contribution in [0.3, 0.4) is 0 Å². The largest absolute Gasteiger partial charge is 0.494 e. The summed E-state index contributed by atoms with van der Waals surface area (Å²) in [6.45, 7) is 8.48. The predicted molar refractivity (Wildman–Crippen MR) is 139 cm³/mol. The van der Waals surface area contributed by atoms with E-state index < -0.39 is 5.60 Å². The first kappa shape index (κ1) is 25.5. The minimum absolute atomic E-state index is 0.260. The number of aromatic nitrogens is 2. The van der Waals surface area contributed by atoms with E-state index in [1.54, 1.807) is 0 Å². The van der Waals surface area contributed by atoms with E-state index in [1.165, 1.54) is 11.1 Å². The van der Waals surface area contributed by atoms with Gasteiger partial charge in [-0.3, -0.25) is 9.58 Å². The van der Waals surface area contributed by atoms with Crippen molar-refractivity contribution in [3.05, 3.63) is 76.6 Å². The number of hydrogen-bond acceptors (Lipinski definition) is 5. The van der Waals surface area contributed by atoms with E-state index in [2.05, 4.69) is 22.1 Å². The van der Waals surface area contributed by atoms with Crippen LogP contribution in [0.2, 0.25) is 5.02 Å². The van der Waals surface area contributed by atoms with Gasteiger partial charge in [-0.15, -0.1) is 0 Å². The molecular weight excluding hydrogens is 462 g/mol. The fourth-order valence-electron chi connectivity index (χ4n) is 4.43. The van der Waals surface area contributed by atoms with Crippen LogP contribution in [0.4, 0.5) is 0 Å². The van der Waals surface area contributed by atoms with Crippen molar-refractivity contribution in [3.63, 3.8) is 0 Å². The van der Waals surface area contributed by atoms with E-state index in [4.69, 9.17) is 21.1 Å². The molecular formula is C28H36ClN3O3. The monoisotopic (exact) mass is 497 g/mol. The summed E-state index contributed by atoms with van der Waals surface area (Å²) in [6.07, 6.45) is 7.16. The first-order valence-electron chi connectivity index (χ1n) is 12.4. The van der Waals surface area contributed by atoms with Crippen LogP contribution in [0.15, 0.2) is 54.9 Å². The standard InChI is InChI=1S/C28H36ClN3O3/c1-22-5-10-26(29)27(17-22)35-21-28(33)11-3-13-31(15-12-28)20-24-6-8-25(9-7-24)34-16-4-14-32-19-23(2)18-30-32/h5-10,17-19,33H,3-4,11-16,20-21H2,1-2H3/t28-/m0/s1. The van der Waals surface area contributed by atoms with Crippen LogP contribution in [0.25, 0.3) is 0 Å². The molecule has 1 aromatic heterocycles. The quantitative estimate of drug-likeness (QED) is 0.379. The van der Waals surface area contributed by atoms with Crippen LogP contribution >= 0.6 is 11.6 Å². The summed E-state index contributed by atoms with van der Waals surface area (Å²) in [5.74, 6) is 1.53. The van der Waals surface area contributed by atoms with Gasteiger partial charge in [0, 0.05) is 32.3 Å². The molecule has 3 aromatic rings. The topological polar surface area (TPSA) is 59.8 Å². The molecule has 0 aliphatic carbocycles. The highest BCUT2D eigenvalue weighted by atomic mass is 35.5. The van der Waals surface area contributed by atoms with Crippen LogP contribution in [-0.4, -0.2) is 51.7 Å². The summed E-state index contributed by atoms with van der Waals surface area (Å²) < 4.78 is 13.8. The van der Waals surface area contributed by atoms with Gasteiger partial charge in [0.1, 0.15) is 18.1 Å². The number of aryl methyl sites for hydroxylation is 3. The third-order valence-electron chi connectivity index (χ3n) is 6.49. The van der Waals surface area contributed by atoms with Crippen LogP contribution in [0.1, 0.15) is 42.4 Å². The first-order valence-corrected chi connectivity index (χ1v) is 12.8. The Morgan fingerprint density at radius 2 is 1.86 bits per heavy atom. The number of likely N-dealkylation sites (tertiary alicyclic amines) is 1. The van der Waals surface area contributed by atoms with E-state index in [-0.39, 0.29) is 6.61 Å². The molecule has 6 nitrogen and oxygen atoms in total. The summed E-state index contributed by atoms with van der Waals surface area (Å²) in [4.78, 5) is 2.40. The Labute approximate surface area is 213 Å². The van der Waals surface area contributed by atoms with E-state index in [1.807, 2.05) is 61.3 Å². The molecule has 0 spiro atoms. The summed E-state index contributed by atoms with van der Waals surface area (Å²) in [5.41, 5.74) is 2.67. The Balaban J connectivity index is 1.20. The Morgan fingerprint density at radius 3 is 2.63 bits per heavy atom. The van der Waals surface area contributed by atoms with Gasteiger partial charge in [0.25, 0.3) is 0 Å². The number of benzene rings is 2. The zero-order chi connectivity index (χ0) is 24.7. The lowest BCUT2D eigenvalue weighted by molar-refractivity contribution is -0.0168. The molecule has 35 heavy (non-hydrogen) atoms. The third-order valence-corrected chi connectivity index (χ3v) is 6.80. The van der Waals surface area contributed by atoms with Gasteiger partial charge in [-0.1, -0.05) is 29.8 Å². The highest BCUT2D eigenvalue weighted by molar-refractivity contribution is 6.32. The summed E-state index contributed by atoms with van der Waals surface area (Å²) in [6, 6.07) is 14.1. The van der Waals surface area contributed by atoms with Gasteiger partial charge >= 0.3 is 0 Å². The van der Waals surface area contributed by atoms with Gasteiger partial charge in [-0.05, 0) is 80.6 Å². The molecule has 0 radical (unpaired) electrons. The van der Waals surface area contributed by atoms with Crippen LogP contribution in [-0.2, 0) is 13.1 Å². The highest BCUT2D eigenvalue weighted by Crippen LogP contribution is 2.29. The number of halogens is 1. The molecule has 0 amide bonds. The average molecular weight is 498 g/mol. The second-order valence-electron chi connectivity index (χ2n) is 9.70. The molecule has 1 aliphatic heterocycles. The van der Waals surface area contributed by atoms with Gasteiger partial charge in [-0.25, -0.2) is 0 Å². The molecule has 4 rings (SSSR count). The van der Waals surface area contributed by atoms with Crippen molar-refractivity contribution < 1.29 is 14.6 Å². The molecule has 0 unspecified atom stereocenters. The Hall–Kier alpha value is -2.54. The number of aliphatic hydroxyl groups is 1. The van der Waals surface area contributed by atoms with E-state index >= 15 is 0 Å². The maximum atomic E-state index is 11.2. The minimum atomic E-state index is -0.839. The molecule has 0 bridgehead atoms. The van der Waals surface area contributed by atoms with E-state index in [9.17, 15) is 5.11 Å². The fourth-order valence-corrected chi connectivity index (χ4v) is 4.60. The molecule has 2 aromatic carbocycles. The van der Waals surface area contributed by atoms with Gasteiger partial charge < -0.3 is 14.6 Å². The SMILES string of the molecule is Cc1ccc(Cl)c(OC[C@]2(O)CCCN(Cc3ccc(OCCCn4cc(C)cn4)cc3)CC2)c1. The minimum Gasteiger partial charge on any atom is -0.494 e. The van der Waals surface area contributed by atoms with Crippen molar-refractivity contribution in [3.8, 4) is 11.5 Å². The van der Waals surface area contributed by atoms with Crippen molar-refractivity contribution in [2.45, 2.75) is 58.2 Å². The van der Waals surface area contributed by atoms with Crippen LogP contribution in [0, 0.1) is 13.8 Å². The number of rotatable bonds is 10. The highest BCUT2D eigenvalue weighted by Gasteiger charge is 2.31. The fraction of sp³-hybridized carbons (Fsp3) is 0.464. The van der Waals surface area contributed by atoms with Crippen molar-refractivity contribution in [1.82, 2.24) is 14.7 Å². The zero-order valence-electron chi connectivity index (χ0n) is 20.8. The molecule has 7 heteroatoms. The summed E-state index contributed by atoms with van der Waals surface area (Å²) in [7, 11) is 0. The van der Waals surface area contributed by atoms with Crippen LogP contribution in [0.5, 0.6) is 11.5 Å². The Kier molecular flexibility index (Phi) is 8.71. The van der Waals surface area contributed by atoms with Gasteiger partial charge in [0.05, 0.1) is 23.4 Å². The maximum Gasteiger partial charge on any atom is 0.138 e. The lowest BCUT2D eigenvalue weighted by Crippen LogP contribution is -2.37. The summed E-state index contributed by atoms with van der Waals surface area (Å²) in [5, 5.41) is 16.0. The Morgan fingerprint density at radius 1 is 1.03 bits per heavy atom. The van der Waals surface area contributed by atoms with Gasteiger partial charge in [-0.2, -0.15) is 5.10 Å². The molecule has 1 fully saturated rings. The average Bonchev–Trinajstić information content (AvgIpc) is 3.17. The number of hydrogen-bond donors (Lipinski definition) is 1. The van der Waals surface area contributed by atoms with Gasteiger partial charge in [0.2, 0.25) is 0 Å². The van der Waals surface area contributed by atoms with Crippen LogP contribution < -0.4 is 9.47 Å². The number of nitrogens with zero attached hydrogens (tertiary/aromatic N) is 3.